The molecule has 64 valence electrons. The van der Waals surface area contributed by atoms with Crippen molar-refractivity contribution in [1.29, 1.82) is 0 Å². The van der Waals surface area contributed by atoms with Crippen molar-refractivity contribution in [2.24, 2.45) is 0 Å². The van der Waals surface area contributed by atoms with Gasteiger partial charge in [0.2, 0.25) is 0 Å². The maximum atomic E-state index is 5.72. The number of nitrogen functional groups attached to an aromatic ring is 1. The van der Waals surface area contributed by atoms with Crippen molar-refractivity contribution >= 4 is 23.4 Å². The molecule has 2 heteroatoms. The summed E-state index contributed by atoms with van der Waals surface area (Å²) in [5.74, 6) is 0.656. The first kappa shape index (κ1) is 9.14. The Balaban J connectivity index is 2.68. The zero-order chi connectivity index (χ0) is 8.81. The van der Waals surface area contributed by atoms with Gasteiger partial charge in [0, 0.05) is 11.6 Å². The van der Waals surface area contributed by atoms with E-state index in [1.807, 2.05) is 36.4 Å². The number of anilines is 1. The van der Waals surface area contributed by atoms with Gasteiger partial charge in [-0.15, -0.1) is 11.6 Å². The number of allylic oxidation sites excluding steroid dienone is 1. The van der Waals surface area contributed by atoms with E-state index in [-0.39, 0.29) is 0 Å². The lowest BCUT2D eigenvalue weighted by Gasteiger charge is -1.97. The summed E-state index contributed by atoms with van der Waals surface area (Å²) >= 11 is 5.53. The minimum atomic E-state index is 0.656. The average molecular weight is 182 g/mol. The summed E-state index contributed by atoms with van der Waals surface area (Å²) < 4.78 is 0. The van der Waals surface area contributed by atoms with E-state index >= 15 is 0 Å². The molecule has 1 rings (SSSR count). The SMILES string of the molecule is Nc1ccccc1/C=C/CCCl. The van der Waals surface area contributed by atoms with Crippen molar-refractivity contribution in [3.8, 4) is 0 Å². The molecule has 2 N–H and O–H groups in total. The van der Waals surface area contributed by atoms with E-state index in [0.29, 0.717) is 5.88 Å². The molecule has 0 aliphatic carbocycles. The summed E-state index contributed by atoms with van der Waals surface area (Å²) in [6, 6.07) is 7.77. The third kappa shape index (κ3) is 2.59. The molecule has 0 aliphatic heterocycles. The topological polar surface area (TPSA) is 26.0 Å². The van der Waals surface area contributed by atoms with Crippen molar-refractivity contribution in [3.63, 3.8) is 0 Å². The van der Waals surface area contributed by atoms with E-state index in [4.69, 9.17) is 17.3 Å². The van der Waals surface area contributed by atoms with E-state index in [1.165, 1.54) is 0 Å². The molecule has 0 bridgehead atoms. The molecule has 1 aromatic carbocycles. The molecule has 0 unspecified atom stereocenters. The van der Waals surface area contributed by atoms with Gasteiger partial charge in [-0.2, -0.15) is 0 Å². The maximum Gasteiger partial charge on any atom is 0.0387 e. The molecular formula is C10H12ClN. The fourth-order valence-electron chi connectivity index (χ4n) is 0.936. The van der Waals surface area contributed by atoms with Gasteiger partial charge in [-0.25, -0.2) is 0 Å². The minimum Gasteiger partial charge on any atom is -0.398 e. The van der Waals surface area contributed by atoms with Gasteiger partial charge in [-0.3, -0.25) is 0 Å². The van der Waals surface area contributed by atoms with Crippen LogP contribution in [-0.2, 0) is 0 Å². The average Bonchev–Trinajstić information content (AvgIpc) is 2.09. The van der Waals surface area contributed by atoms with Gasteiger partial charge in [0.05, 0.1) is 0 Å². The van der Waals surface area contributed by atoms with Crippen LogP contribution in [0.2, 0.25) is 0 Å². The number of alkyl halides is 1. The van der Waals surface area contributed by atoms with Crippen molar-refractivity contribution in [2.75, 3.05) is 11.6 Å². The second-order valence-corrected chi connectivity index (χ2v) is 2.89. The molecule has 0 aromatic heterocycles. The van der Waals surface area contributed by atoms with Crippen LogP contribution >= 0.6 is 11.6 Å². The standard InChI is InChI=1S/C10H12ClN/c11-8-4-3-6-9-5-1-2-7-10(9)12/h1-3,5-7H,4,8,12H2/b6-3+. The molecule has 0 radical (unpaired) electrons. The van der Waals surface area contributed by atoms with Crippen LogP contribution in [0, 0.1) is 0 Å². The predicted octanol–water partition coefficient (Wildman–Crippen LogP) is 2.91. The molecular weight excluding hydrogens is 170 g/mol. The summed E-state index contributed by atoms with van der Waals surface area (Å²) in [5, 5.41) is 0. The molecule has 0 heterocycles. The first-order chi connectivity index (χ1) is 5.84. The van der Waals surface area contributed by atoms with Crippen LogP contribution in [0.4, 0.5) is 5.69 Å². The Morgan fingerprint density at radius 1 is 1.33 bits per heavy atom. The van der Waals surface area contributed by atoms with Gasteiger partial charge in [0.1, 0.15) is 0 Å². The van der Waals surface area contributed by atoms with Crippen molar-refractivity contribution < 1.29 is 0 Å². The number of halogens is 1. The summed E-state index contributed by atoms with van der Waals surface area (Å²) in [7, 11) is 0. The third-order valence-electron chi connectivity index (χ3n) is 1.57. The molecule has 0 fully saturated rings. The molecule has 0 saturated heterocycles. The van der Waals surface area contributed by atoms with E-state index in [9.17, 15) is 0 Å². The van der Waals surface area contributed by atoms with E-state index in [2.05, 4.69) is 0 Å². The number of para-hydroxylation sites is 1. The molecule has 1 nitrogen and oxygen atoms in total. The number of rotatable bonds is 3. The fraction of sp³-hybridized carbons (Fsp3) is 0.200. The maximum absolute atomic E-state index is 5.72. The Bertz CT molecular complexity index is 268. The van der Waals surface area contributed by atoms with Crippen LogP contribution in [0.1, 0.15) is 12.0 Å². The van der Waals surface area contributed by atoms with Crippen LogP contribution < -0.4 is 5.73 Å². The van der Waals surface area contributed by atoms with Crippen molar-refractivity contribution in [2.45, 2.75) is 6.42 Å². The molecule has 0 saturated carbocycles. The highest BCUT2D eigenvalue weighted by Gasteiger charge is 1.89. The van der Waals surface area contributed by atoms with Crippen molar-refractivity contribution in [3.05, 3.63) is 35.9 Å². The number of nitrogens with two attached hydrogens (primary N) is 1. The monoisotopic (exact) mass is 181 g/mol. The van der Waals surface area contributed by atoms with Crippen LogP contribution in [0.5, 0.6) is 0 Å². The number of hydrogen-bond acceptors (Lipinski definition) is 1. The van der Waals surface area contributed by atoms with E-state index < -0.39 is 0 Å². The van der Waals surface area contributed by atoms with Gasteiger partial charge in [0.15, 0.2) is 0 Å². The molecule has 0 atom stereocenters. The van der Waals surface area contributed by atoms with E-state index in [0.717, 1.165) is 17.7 Å². The van der Waals surface area contributed by atoms with Gasteiger partial charge in [-0.1, -0.05) is 30.4 Å². The lowest BCUT2D eigenvalue weighted by atomic mass is 10.1. The Morgan fingerprint density at radius 3 is 2.75 bits per heavy atom. The largest absolute Gasteiger partial charge is 0.398 e. The van der Waals surface area contributed by atoms with Gasteiger partial charge in [-0.05, 0) is 18.1 Å². The summed E-state index contributed by atoms with van der Waals surface area (Å²) in [5.41, 5.74) is 7.59. The second-order valence-electron chi connectivity index (χ2n) is 2.51. The van der Waals surface area contributed by atoms with Crippen LogP contribution in [0.25, 0.3) is 6.08 Å². The smallest absolute Gasteiger partial charge is 0.0387 e. The lowest BCUT2D eigenvalue weighted by Crippen LogP contribution is -1.87. The third-order valence-corrected chi connectivity index (χ3v) is 1.79. The number of hydrogen-bond donors (Lipinski definition) is 1. The predicted molar refractivity (Wildman–Crippen MR) is 55.2 cm³/mol. The van der Waals surface area contributed by atoms with Crippen molar-refractivity contribution in [1.82, 2.24) is 0 Å². The van der Waals surface area contributed by atoms with Crippen LogP contribution in [0.3, 0.4) is 0 Å². The molecule has 0 spiro atoms. The minimum absolute atomic E-state index is 0.656. The quantitative estimate of drug-likeness (QED) is 0.563. The summed E-state index contributed by atoms with van der Waals surface area (Å²) in [4.78, 5) is 0. The first-order valence-electron chi connectivity index (χ1n) is 3.91. The summed E-state index contributed by atoms with van der Waals surface area (Å²) in [6.45, 7) is 0. The number of benzene rings is 1. The molecule has 0 aliphatic rings. The molecule has 1 aromatic rings. The lowest BCUT2D eigenvalue weighted by molar-refractivity contribution is 1.24. The van der Waals surface area contributed by atoms with Crippen LogP contribution in [-0.4, -0.2) is 5.88 Å². The van der Waals surface area contributed by atoms with Gasteiger partial charge >= 0.3 is 0 Å². The normalized spacial score (nSPS) is 10.8. The fourth-order valence-corrected chi connectivity index (χ4v) is 1.06. The Hall–Kier alpha value is -0.950. The Kier molecular flexibility index (Phi) is 3.68. The second kappa shape index (κ2) is 4.83. The Morgan fingerprint density at radius 2 is 2.08 bits per heavy atom. The summed E-state index contributed by atoms with van der Waals surface area (Å²) in [6.07, 6.45) is 4.91. The zero-order valence-electron chi connectivity index (χ0n) is 6.83. The van der Waals surface area contributed by atoms with E-state index in [1.54, 1.807) is 0 Å². The zero-order valence-corrected chi connectivity index (χ0v) is 7.59. The highest BCUT2D eigenvalue weighted by atomic mass is 35.5. The molecule has 12 heavy (non-hydrogen) atoms. The first-order valence-corrected chi connectivity index (χ1v) is 4.45. The highest BCUT2D eigenvalue weighted by molar-refractivity contribution is 6.17. The van der Waals surface area contributed by atoms with Gasteiger partial charge in [0.25, 0.3) is 0 Å². The molecule has 0 amide bonds. The highest BCUT2D eigenvalue weighted by Crippen LogP contribution is 2.12. The Labute approximate surface area is 77.8 Å². The van der Waals surface area contributed by atoms with Crippen LogP contribution in [0.15, 0.2) is 30.3 Å². The van der Waals surface area contributed by atoms with Gasteiger partial charge < -0.3 is 5.73 Å².